The van der Waals surface area contributed by atoms with Gasteiger partial charge in [0, 0.05) is 18.7 Å². The van der Waals surface area contributed by atoms with Crippen LogP contribution in [0.1, 0.15) is 23.6 Å². The van der Waals surface area contributed by atoms with Gasteiger partial charge in [-0.05, 0) is 37.6 Å². The van der Waals surface area contributed by atoms with Gasteiger partial charge in [-0.3, -0.25) is 0 Å². The van der Waals surface area contributed by atoms with Crippen molar-refractivity contribution in [3.8, 4) is 11.5 Å². The van der Waals surface area contributed by atoms with Crippen LogP contribution in [0.5, 0.6) is 11.5 Å². The summed E-state index contributed by atoms with van der Waals surface area (Å²) in [6.07, 6.45) is 0. The van der Waals surface area contributed by atoms with Crippen LogP contribution in [-0.4, -0.2) is 24.2 Å². The van der Waals surface area contributed by atoms with Crippen LogP contribution in [0.3, 0.4) is 0 Å². The van der Waals surface area contributed by atoms with Gasteiger partial charge in [0.25, 0.3) is 0 Å². The molecule has 2 aromatic carbocycles. The maximum absolute atomic E-state index is 12.6. The van der Waals surface area contributed by atoms with E-state index in [2.05, 4.69) is 20.4 Å². The smallest absolute Gasteiger partial charge is 0.387 e. The molecule has 0 saturated carbocycles. The summed E-state index contributed by atoms with van der Waals surface area (Å²) in [6.45, 7) is 2.34. The number of alkyl halides is 2. The predicted octanol–water partition coefficient (Wildman–Crippen LogP) is 4.18. The number of hydrogen-bond donors (Lipinski definition) is 3. The van der Waals surface area contributed by atoms with E-state index in [4.69, 9.17) is 0 Å². The van der Waals surface area contributed by atoms with Crippen LogP contribution in [-0.2, 0) is 13.1 Å². The fourth-order valence-corrected chi connectivity index (χ4v) is 2.35. The Morgan fingerprint density at radius 3 is 2.48 bits per heavy atom. The van der Waals surface area contributed by atoms with Crippen LogP contribution in [0.25, 0.3) is 0 Å². The molecule has 0 aliphatic heterocycles. The number of nitrogens with one attached hydrogen (secondary N) is 2. The van der Waals surface area contributed by atoms with Gasteiger partial charge in [0.2, 0.25) is 0 Å². The number of nitrogens with zero attached hydrogens (tertiary/aromatic N) is 1. The molecular weight excluding hydrogens is 467 g/mol. The van der Waals surface area contributed by atoms with Gasteiger partial charge in [-0.2, -0.15) is 8.78 Å². The number of ether oxygens (including phenoxy) is 1. The third-order valence-electron chi connectivity index (χ3n) is 3.58. The molecule has 2 aromatic rings. The molecule has 0 radical (unpaired) electrons. The van der Waals surface area contributed by atoms with Crippen molar-refractivity contribution in [2.24, 2.45) is 4.99 Å². The van der Waals surface area contributed by atoms with Crippen LogP contribution in [0.4, 0.5) is 8.78 Å². The van der Waals surface area contributed by atoms with E-state index < -0.39 is 6.61 Å². The number of guanidine groups is 1. The molecule has 0 fully saturated rings. The molecule has 0 atom stereocenters. The Labute approximate surface area is 174 Å². The van der Waals surface area contributed by atoms with Gasteiger partial charge < -0.3 is 20.5 Å². The molecule has 0 amide bonds. The van der Waals surface area contributed by atoms with Crippen molar-refractivity contribution in [1.29, 1.82) is 0 Å². The standard InChI is InChI=1S/C19H23F2N3O2.HI/c1-3-22-19(23-11-14-5-7-16(25)8-6-14)24-12-15-10-13(2)4-9-17(15)26-18(20)21;/h4-10,18,25H,3,11-12H2,1-2H3,(H2,22,23,24);1H. The van der Waals surface area contributed by atoms with E-state index in [9.17, 15) is 13.9 Å². The zero-order valence-electron chi connectivity index (χ0n) is 15.2. The number of benzene rings is 2. The van der Waals surface area contributed by atoms with Gasteiger partial charge in [0.1, 0.15) is 11.5 Å². The van der Waals surface area contributed by atoms with Crippen LogP contribution in [0.15, 0.2) is 47.5 Å². The molecule has 3 N–H and O–H groups in total. The summed E-state index contributed by atoms with van der Waals surface area (Å²) in [7, 11) is 0. The maximum Gasteiger partial charge on any atom is 0.387 e. The first-order valence-corrected chi connectivity index (χ1v) is 8.32. The van der Waals surface area contributed by atoms with Gasteiger partial charge in [-0.1, -0.05) is 29.8 Å². The van der Waals surface area contributed by atoms with Crippen molar-refractivity contribution < 1.29 is 18.6 Å². The molecule has 0 aliphatic carbocycles. The largest absolute Gasteiger partial charge is 0.508 e. The first-order chi connectivity index (χ1) is 12.5. The van der Waals surface area contributed by atoms with Crippen molar-refractivity contribution in [1.82, 2.24) is 10.6 Å². The van der Waals surface area contributed by atoms with Gasteiger partial charge in [0.05, 0.1) is 6.54 Å². The van der Waals surface area contributed by atoms with E-state index in [0.29, 0.717) is 31.2 Å². The monoisotopic (exact) mass is 491 g/mol. The number of aryl methyl sites for hydroxylation is 1. The molecule has 0 saturated heterocycles. The maximum atomic E-state index is 12.6. The summed E-state index contributed by atoms with van der Waals surface area (Å²) in [4.78, 5) is 4.47. The molecule has 2 rings (SSSR count). The second-order valence-corrected chi connectivity index (χ2v) is 5.70. The molecule has 0 heterocycles. The quantitative estimate of drug-likeness (QED) is 0.309. The molecule has 0 aliphatic rings. The van der Waals surface area contributed by atoms with Crippen LogP contribution in [0.2, 0.25) is 0 Å². The summed E-state index contributed by atoms with van der Waals surface area (Å²) in [5.74, 6) is 0.909. The Morgan fingerprint density at radius 1 is 1.15 bits per heavy atom. The van der Waals surface area contributed by atoms with Crippen LogP contribution < -0.4 is 15.4 Å². The zero-order chi connectivity index (χ0) is 18.9. The van der Waals surface area contributed by atoms with E-state index >= 15 is 0 Å². The van der Waals surface area contributed by atoms with Crippen molar-refractivity contribution in [3.63, 3.8) is 0 Å². The predicted molar refractivity (Wildman–Crippen MR) is 113 cm³/mol. The minimum absolute atomic E-state index is 0. The molecule has 148 valence electrons. The summed E-state index contributed by atoms with van der Waals surface area (Å²) in [6, 6.07) is 11.9. The van der Waals surface area contributed by atoms with Crippen molar-refractivity contribution in [2.45, 2.75) is 33.5 Å². The second-order valence-electron chi connectivity index (χ2n) is 5.70. The number of phenols is 1. The molecular formula is C19H24F2IN3O2. The van der Waals surface area contributed by atoms with Gasteiger partial charge >= 0.3 is 6.61 Å². The van der Waals surface area contributed by atoms with E-state index in [1.165, 1.54) is 0 Å². The zero-order valence-corrected chi connectivity index (χ0v) is 17.5. The Hall–Kier alpha value is -2.10. The first-order valence-electron chi connectivity index (χ1n) is 8.32. The number of aliphatic imine (C=N–C) groups is 1. The molecule has 0 bridgehead atoms. The molecule has 27 heavy (non-hydrogen) atoms. The summed E-state index contributed by atoms with van der Waals surface area (Å²) < 4.78 is 29.7. The van der Waals surface area contributed by atoms with E-state index in [-0.39, 0.29) is 35.5 Å². The average Bonchev–Trinajstić information content (AvgIpc) is 2.60. The Bertz CT molecular complexity index is 740. The van der Waals surface area contributed by atoms with Gasteiger partial charge in [-0.15, -0.1) is 24.0 Å². The highest BCUT2D eigenvalue weighted by atomic mass is 127. The Kier molecular flexibility index (Phi) is 9.84. The summed E-state index contributed by atoms with van der Waals surface area (Å²) >= 11 is 0. The Balaban J connectivity index is 0.00000364. The molecule has 0 spiro atoms. The number of hydrogen-bond acceptors (Lipinski definition) is 3. The lowest BCUT2D eigenvalue weighted by Gasteiger charge is -2.15. The lowest BCUT2D eigenvalue weighted by atomic mass is 10.1. The third kappa shape index (κ3) is 7.98. The summed E-state index contributed by atoms with van der Waals surface area (Å²) in [5.41, 5.74) is 2.52. The molecule has 0 unspecified atom stereocenters. The minimum Gasteiger partial charge on any atom is -0.508 e. The second kappa shape index (κ2) is 11.6. The Morgan fingerprint density at radius 2 is 1.85 bits per heavy atom. The number of halogens is 3. The van der Waals surface area contributed by atoms with Crippen LogP contribution in [0, 0.1) is 6.92 Å². The van der Waals surface area contributed by atoms with Crippen molar-refractivity contribution >= 4 is 29.9 Å². The van der Waals surface area contributed by atoms with Crippen LogP contribution >= 0.6 is 24.0 Å². The lowest BCUT2D eigenvalue weighted by molar-refractivity contribution is -0.0504. The molecule has 8 heteroatoms. The summed E-state index contributed by atoms with van der Waals surface area (Å²) in [5, 5.41) is 15.5. The van der Waals surface area contributed by atoms with E-state index in [0.717, 1.165) is 11.1 Å². The number of rotatable bonds is 7. The molecule has 0 aromatic heterocycles. The topological polar surface area (TPSA) is 65.9 Å². The van der Waals surface area contributed by atoms with Gasteiger partial charge in [-0.25, -0.2) is 4.99 Å². The van der Waals surface area contributed by atoms with E-state index in [1.54, 1.807) is 42.5 Å². The fourth-order valence-electron chi connectivity index (χ4n) is 2.35. The fraction of sp³-hybridized carbons (Fsp3) is 0.316. The number of phenolic OH excluding ortho intramolecular Hbond substituents is 1. The average molecular weight is 491 g/mol. The lowest BCUT2D eigenvalue weighted by Crippen LogP contribution is -2.36. The molecule has 5 nitrogen and oxygen atoms in total. The minimum atomic E-state index is -2.87. The van der Waals surface area contributed by atoms with E-state index in [1.807, 2.05) is 13.8 Å². The van der Waals surface area contributed by atoms with Crippen molar-refractivity contribution in [2.75, 3.05) is 6.54 Å². The van der Waals surface area contributed by atoms with Gasteiger partial charge in [0.15, 0.2) is 5.96 Å². The number of aromatic hydroxyl groups is 1. The first kappa shape index (κ1) is 22.9. The normalized spacial score (nSPS) is 11.1. The highest BCUT2D eigenvalue weighted by molar-refractivity contribution is 14.0. The highest BCUT2D eigenvalue weighted by Gasteiger charge is 2.10. The highest BCUT2D eigenvalue weighted by Crippen LogP contribution is 2.22. The third-order valence-corrected chi connectivity index (χ3v) is 3.58. The van der Waals surface area contributed by atoms with Crippen molar-refractivity contribution in [3.05, 3.63) is 59.2 Å². The SMILES string of the molecule is CCNC(=NCc1ccc(O)cc1)NCc1cc(C)ccc1OC(F)F.I.